The average Bonchev–Trinajstić information content (AvgIpc) is 3.30. The Labute approximate surface area is 435 Å². The second kappa shape index (κ2) is 25.6. The van der Waals surface area contributed by atoms with Gasteiger partial charge in [0.05, 0.1) is 39.4 Å². The van der Waals surface area contributed by atoms with Crippen LogP contribution in [-0.4, -0.2) is 60.5 Å². The summed E-state index contributed by atoms with van der Waals surface area (Å²) in [5, 5.41) is 25.6. The van der Waals surface area contributed by atoms with Crippen LogP contribution < -0.4 is 30.7 Å². The summed E-state index contributed by atoms with van der Waals surface area (Å²) in [5.41, 5.74) is 3.14. The van der Waals surface area contributed by atoms with E-state index in [0.29, 0.717) is 52.8 Å². The first-order valence-electron chi connectivity index (χ1n) is 22.0. The van der Waals surface area contributed by atoms with Crippen molar-refractivity contribution in [1.82, 2.24) is 0 Å². The maximum atomic E-state index is 13.6. The Morgan fingerprint density at radius 2 is 0.930 bits per heavy atom. The van der Waals surface area contributed by atoms with Crippen LogP contribution in [0.1, 0.15) is 102 Å². The fourth-order valence-electron chi connectivity index (χ4n) is 6.72. The van der Waals surface area contributed by atoms with Gasteiger partial charge in [0, 0.05) is 46.0 Å². The number of ketones is 2. The lowest BCUT2D eigenvalue weighted by atomic mass is 10.1. The van der Waals surface area contributed by atoms with Crippen LogP contribution in [-0.2, 0) is 19.2 Å². The van der Waals surface area contributed by atoms with Gasteiger partial charge in [-0.2, -0.15) is 20.5 Å². The molecule has 0 aliphatic rings. The van der Waals surface area contributed by atoms with Crippen molar-refractivity contribution in [3.8, 4) is 11.5 Å². The maximum Gasteiger partial charge on any atom is 0.258 e. The number of nitrogens with one attached hydrogen (secondary N) is 4. The molecule has 71 heavy (non-hydrogen) atoms. The van der Waals surface area contributed by atoms with Crippen molar-refractivity contribution < 1.29 is 38.2 Å². The van der Waals surface area contributed by atoms with Crippen molar-refractivity contribution in [2.45, 2.75) is 76.7 Å². The highest BCUT2D eigenvalue weighted by molar-refractivity contribution is 6.33. The number of alkyl halides is 3. The lowest BCUT2D eigenvalue weighted by Gasteiger charge is -2.17. The smallest absolute Gasteiger partial charge is 0.258 e. The van der Waals surface area contributed by atoms with Gasteiger partial charge in [-0.05, 0) is 132 Å². The number of benzene rings is 5. The Bertz CT molecular complexity index is 2890. The van der Waals surface area contributed by atoms with Crippen LogP contribution in [0.25, 0.3) is 0 Å². The number of hydrogen-bond donors (Lipinski definition) is 4. The number of carbonyl (C=O) groups is 6. The van der Waals surface area contributed by atoms with E-state index < -0.39 is 63.4 Å². The number of Topliss-reactive ketones (excluding diaryl/α,β-unsaturated/α-hetero) is 2. The van der Waals surface area contributed by atoms with Crippen LogP contribution >= 0.6 is 58.0 Å². The number of anilines is 4. The van der Waals surface area contributed by atoms with Crippen LogP contribution in [0.5, 0.6) is 11.5 Å². The Morgan fingerprint density at radius 3 is 1.32 bits per heavy atom. The largest absolute Gasteiger partial charge is 0.494 e. The number of amides is 4. The summed E-state index contributed by atoms with van der Waals surface area (Å²) in [5.74, 6) is -3.06. The summed E-state index contributed by atoms with van der Waals surface area (Å²) in [7, 11) is 0. The highest BCUT2D eigenvalue weighted by Crippen LogP contribution is 2.35. The van der Waals surface area contributed by atoms with Crippen molar-refractivity contribution in [3.63, 3.8) is 0 Å². The number of nitrogens with zero attached hydrogens (tertiary/aromatic N) is 4. The SMILES string of the molecule is CCOc1ccc(C(C)Cl)c(NC(=O)c2ccc(Cl)c(N=NC(C(C)=O)C(=O)Nc3ccc(NC(=O)C(N=Nc4cc(C(=O)Nc5cc(OCC)ccc5C(C)Cl)ccc4Cl)C(C)=O)c(C(C)Cl)c3)c2)c1. The zero-order chi connectivity index (χ0) is 52.1. The monoisotopic (exact) mass is 1060 g/mol. The summed E-state index contributed by atoms with van der Waals surface area (Å²) >= 11 is 32.1. The zero-order valence-electron chi connectivity index (χ0n) is 39.4. The highest BCUT2D eigenvalue weighted by atomic mass is 35.5. The van der Waals surface area contributed by atoms with E-state index in [-0.39, 0.29) is 43.9 Å². The molecular formula is C50H49Cl5N8O8. The third-order valence-corrected chi connectivity index (χ3v) is 11.6. The summed E-state index contributed by atoms with van der Waals surface area (Å²) in [4.78, 5) is 79.5. The zero-order valence-corrected chi connectivity index (χ0v) is 43.2. The topological polar surface area (TPSA) is 218 Å². The van der Waals surface area contributed by atoms with Gasteiger partial charge in [-0.1, -0.05) is 35.3 Å². The number of rotatable bonds is 21. The standard InChI is InChI=1S/C50H49Cl5N8O8/c1-8-70-33-13-15-35(25(3)51)41(23-33)58-47(66)30-10-17-38(54)43(20-30)60-62-45(28(6)64)49(68)56-32-12-19-40(37(22-32)27(5)53)57-50(69)46(29(7)65)63-61-44-21-31(11-18-39(44)55)48(67)59-42-24-34(71-9-2)14-16-36(42)26(4)52/h10-27,45-46H,8-9H2,1-7H3,(H,56,68)(H,57,69)(H,58,66)(H,59,67). The molecule has 0 bridgehead atoms. The minimum atomic E-state index is -1.66. The summed E-state index contributed by atoms with van der Waals surface area (Å²) in [6.07, 6.45) is 0. The van der Waals surface area contributed by atoms with Crippen molar-refractivity contribution in [3.05, 3.63) is 129 Å². The van der Waals surface area contributed by atoms with Crippen LogP contribution in [0.2, 0.25) is 10.0 Å². The van der Waals surface area contributed by atoms with Crippen molar-refractivity contribution in [2.24, 2.45) is 20.5 Å². The Hall–Kier alpha value is -6.43. The normalized spacial score (nSPS) is 13.4. The van der Waals surface area contributed by atoms with E-state index in [1.165, 1.54) is 54.6 Å². The fraction of sp³-hybridized carbons (Fsp3) is 0.280. The number of carbonyl (C=O) groups excluding carboxylic acids is 6. The van der Waals surface area contributed by atoms with Gasteiger partial charge >= 0.3 is 0 Å². The van der Waals surface area contributed by atoms with Gasteiger partial charge in [0.15, 0.2) is 11.6 Å². The van der Waals surface area contributed by atoms with Gasteiger partial charge in [-0.25, -0.2) is 0 Å². The third kappa shape index (κ3) is 15.0. The molecule has 5 rings (SSSR count). The molecule has 0 saturated carbocycles. The van der Waals surface area contributed by atoms with Gasteiger partial charge in [0.2, 0.25) is 12.1 Å². The molecule has 21 heteroatoms. The molecule has 16 nitrogen and oxygen atoms in total. The second-order valence-corrected chi connectivity index (χ2v) is 18.5. The van der Waals surface area contributed by atoms with Gasteiger partial charge in [-0.15, -0.1) is 34.8 Å². The first kappa shape index (κ1) is 55.5. The summed E-state index contributed by atoms with van der Waals surface area (Å²) in [6.45, 7) is 11.9. The molecule has 0 fully saturated rings. The predicted molar refractivity (Wildman–Crippen MR) is 279 cm³/mol. The predicted octanol–water partition coefficient (Wildman–Crippen LogP) is 13.6. The number of halogens is 5. The summed E-state index contributed by atoms with van der Waals surface area (Å²) in [6, 6.07) is 19.8. The molecule has 5 unspecified atom stereocenters. The van der Waals surface area contributed by atoms with Crippen LogP contribution in [0.3, 0.4) is 0 Å². The van der Waals surface area contributed by atoms with Crippen LogP contribution in [0, 0.1) is 0 Å². The number of azo groups is 2. The minimum Gasteiger partial charge on any atom is -0.494 e. The van der Waals surface area contributed by atoms with E-state index in [1.54, 1.807) is 57.2 Å². The van der Waals surface area contributed by atoms with E-state index in [2.05, 4.69) is 41.7 Å². The molecule has 5 atom stereocenters. The molecule has 5 aromatic rings. The van der Waals surface area contributed by atoms with Crippen molar-refractivity contribution in [2.75, 3.05) is 34.5 Å². The molecule has 0 radical (unpaired) electrons. The average molecular weight is 1070 g/mol. The number of ether oxygens (including phenoxy) is 2. The molecule has 0 aromatic heterocycles. The van der Waals surface area contributed by atoms with E-state index in [4.69, 9.17) is 67.5 Å². The quantitative estimate of drug-likeness (QED) is 0.0314. The van der Waals surface area contributed by atoms with E-state index in [0.717, 1.165) is 13.8 Å². The van der Waals surface area contributed by atoms with E-state index in [1.807, 2.05) is 13.8 Å². The first-order valence-corrected chi connectivity index (χ1v) is 24.0. The van der Waals surface area contributed by atoms with Gasteiger partial charge in [0.25, 0.3) is 23.6 Å². The minimum absolute atomic E-state index is 0.00185. The molecular weight excluding hydrogens is 1020 g/mol. The third-order valence-electron chi connectivity index (χ3n) is 10.3. The molecule has 5 aromatic carbocycles. The molecule has 0 spiro atoms. The molecule has 4 N–H and O–H groups in total. The Balaban J connectivity index is 1.30. The molecule has 0 aliphatic carbocycles. The van der Waals surface area contributed by atoms with E-state index in [9.17, 15) is 28.8 Å². The fourth-order valence-corrected chi connectivity index (χ4v) is 7.59. The second-order valence-electron chi connectivity index (χ2n) is 15.7. The van der Waals surface area contributed by atoms with Gasteiger partial charge in [0.1, 0.15) is 22.9 Å². The molecule has 372 valence electrons. The molecule has 0 saturated heterocycles. The van der Waals surface area contributed by atoms with Gasteiger partial charge < -0.3 is 30.7 Å². The maximum absolute atomic E-state index is 13.6. The molecule has 4 amide bonds. The number of hydrogen-bond acceptors (Lipinski definition) is 12. The van der Waals surface area contributed by atoms with Gasteiger partial charge in [-0.3, -0.25) is 28.8 Å². The molecule has 0 heterocycles. The van der Waals surface area contributed by atoms with Crippen molar-refractivity contribution in [1.29, 1.82) is 0 Å². The Morgan fingerprint density at radius 1 is 0.507 bits per heavy atom. The van der Waals surface area contributed by atoms with Crippen LogP contribution in [0.15, 0.2) is 111 Å². The lowest BCUT2D eigenvalue weighted by Crippen LogP contribution is -2.32. The Kier molecular flexibility index (Phi) is 20.0. The van der Waals surface area contributed by atoms with Crippen LogP contribution in [0.4, 0.5) is 34.1 Å². The summed E-state index contributed by atoms with van der Waals surface area (Å²) < 4.78 is 11.2. The van der Waals surface area contributed by atoms with Crippen molar-refractivity contribution >= 4 is 127 Å². The van der Waals surface area contributed by atoms with E-state index >= 15 is 0 Å². The lowest BCUT2D eigenvalue weighted by molar-refractivity contribution is -0.127. The highest BCUT2D eigenvalue weighted by Gasteiger charge is 2.27. The first-order chi connectivity index (χ1) is 33.7. The molecule has 0 aliphatic heterocycles.